The smallest absolute Gasteiger partial charge is 0.250 e. The van der Waals surface area contributed by atoms with E-state index in [-0.39, 0.29) is 17.5 Å². The zero-order valence-electron chi connectivity index (χ0n) is 22.3. The number of likely N-dealkylation sites (tertiary alicyclic amines) is 1. The summed E-state index contributed by atoms with van der Waals surface area (Å²) in [7, 11) is 0. The number of carbonyl (C=O) groups excluding carboxylic acids is 1. The van der Waals surface area contributed by atoms with E-state index in [4.69, 9.17) is 4.74 Å². The van der Waals surface area contributed by atoms with Crippen LogP contribution in [0.15, 0.2) is 71.9 Å². The van der Waals surface area contributed by atoms with Gasteiger partial charge in [-0.2, -0.15) is 0 Å². The summed E-state index contributed by atoms with van der Waals surface area (Å²) >= 11 is 0. The van der Waals surface area contributed by atoms with Gasteiger partial charge >= 0.3 is 0 Å². The normalized spacial score (nSPS) is 19.1. The van der Waals surface area contributed by atoms with Crippen molar-refractivity contribution < 1.29 is 9.53 Å². The van der Waals surface area contributed by atoms with Crippen LogP contribution in [0.2, 0.25) is 0 Å². The molecule has 2 aliphatic rings. The molecule has 38 heavy (non-hydrogen) atoms. The number of unbranched alkanes of at least 4 members (excludes halogenated alkanes) is 1. The maximum atomic E-state index is 13.8. The standard InChI is InChI=1S/C31H38N4O3/c1-2-3-17-35(28-7-6-15-32-21-28)31(37)23-34-22-26(24-10-12-29-25(20-24)14-19-38-29)9-11-27(34)13-18-33-16-5-4-8-30(33)36/h4-8,10,12,15-16,20-21,26-27H,2-3,9,11,13-14,17-19,22-23H2,1H3/t26-,27-/m1/s1. The number of fused-ring (bicyclic) bond motifs is 1. The Bertz CT molecular complexity index is 1280. The molecule has 0 saturated carbocycles. The van der Waals surface area contributed by atoms with Crippen LogP contribution in [-0.4, -0.2) is 52.6 Å². The zero-order valence-corrected chi connectivity index (χ0v) is 22.3. The Kier molecular flexibility index (Phi) is 8.54. The average Bonchev–Trinajstić information content (AvgIpc) is 3.42. The van der Waals surface area contributed by atoms with E-state index in [2.05, 4.69) is 35.0 Å². The first-order valence-electron chi connectivity index (χ1n) is 14.0. The van der Waals surface area contributed by atoms with E-state index < -0.39 is 0 Å². The Morgan fingerprint density at radius 3 is 2.89 bits per heavy atom. The Morgan fingerprint density at radius 1 is 1.16 bits per heavy atom. The average molecular weight is 515 g/mol. The monoisotopic (exact) mass is 514 g/mol. The number of amides is 1. The third-order valence-corrected chi connectivity index (χ3v) is 7.94. The summed E-state index contributed by atoms with van der Waals surface area (Å²) in [6, 6.07) is 16.0. The minimum Gasteiger partial charge on any atom is -0.493 e. The number of nitrogens with zero attached hydrogens (tertiary/aromatic N) is 4. The molecule has 1 amide bonds. The van der Waals surface area contributed by atoms with Gasteiger partial charge in [-0.05, 0) is 67.0 Å². The van der Waals surface area contributed by atoms with Crippen LogP contribution in [0.5, 0.6) is 5.75 Å². The molecular formula is C31H38N4O3. The molecule has 2 aliphatic heterocycles. The van der Waals surface area contributed by atoms with Crippen molar-refractivity contribution in [2.45, 2.75) is 64.0 Å². The van der Waals surface area contributed by atoms with Crippen LogP contribution in [0.3, 0.4) is 0 Å². The fourth-order valence-electron chi connectivity index (χ4n) is 5.77. The highest BCUT2D eigenvalue weighted by molar-refractivity contribution is 5.94. The van der Waals surface area contributed by atoms with Crippen LogP contribution in [0, 0.1) is 0 Å². The SMILES string of the molecule is CCCCN(C(=O)CN1C[C@H](c2ccc3c(c2)CCO3)CC[C@@H]1CCn1ccccc1=O)c1cccnc1. The molecule has 0 N–H and O–H groups in total. The zero-order chi connectivity index (χ0) is 26.3. The predicted octanol–water partition coefficient (Wildman–Crippen LogP) is 4.65. The van der Waals surface area contributed by atoms with Crippen molar-refractivity contribution in [1.82, 2.24) is 14.5 Å². The van der Waals surface area contributed by atoms with Crippen molar-refractivity contribution in [1.29, 1.82) is 0 Å². The van der Waals surface area contributed by atoms with Gasteiger partial charge in [0.15, 0.2) is 0 Å². The summed E-state index contributed by atoms with van der Waals surface area (Å²) in [4.78, 5) is 34.6. The van der Waals surface area contributed by atoms with Crippen molar-refractivity contribution in [2.24, 2.45) is 0 Å². The minimum absolute atomic E-state index is 0.0199. The topological polar surface area (TPSA) is 67.7 Å². The Morgan fingerprint density at radius 2 is 2.08 bits per heavy atom. The molecule has 4 heterocycles. The van der Waals surface area contributed by atoms with E-state index in [9.17, 15) is 9.59 Å². The summed E-state index contributed by atoms with van der Waals surface area (Å²) in [6.45, 7) is 5.43. The molecule has 5 rings (SSSR count). The second-order valence-electron chi connectivity index (χ2n) is 10.5. The van der Waals surface area contributed by atoms with Gasteiger partial charge in [0, 0.05) is 50.6 Å². The largest absolute Gasteiger partial charge is 0.493 e. The van der Waals surface area contributed by atoms with Gasteiger partial charge < -0.3 is 14.2 Å². The number of aromatic nitrogens is 2. The van der Waals surface area contributed by atoms with Crippen molar-refractivity contribution in [3.63, 3.8) is 0 Å². The number of hydrogen-bond donors (Lipinski definition) is 0. The lowest BCUT2D eigenvalue weighted by atomic mass is 9.85. The molecule has 0 aliphatic carbocycles. The summed E-state index contributed by atoms with van der Waals surface area (Å²) in [5.74, 6) is 1.48. The van der Waals surface area contributed by atoms with Crippen molar-refractivity contribution in [2.75, 3.05) is 31.1 Å². The maximum Gasteiger partial charge on any atom is 0.250 e. The number of anilines is 1. The second kappa shape index (κ2) is 12.4. The number of carbonyl (C=O) groups is 1. The summed E-state index contributed by atoms with van der Waals surface area (Å²) < 4.78 is 7.50. The summed E-state index contributed by atoms with van der Waals surface area (Å²) in [5, 5.41) is 0. The van der Waals surface area contributed by atoms with Crippen molar-refractivity contribution in [3.8, 4) is 5.75 Å². The third-order valence-electron chi connectivity index (χ3n) is 7.94. The van der Waals surface area contributed by atoms with Crippen LogP contribution in [0.1, 0.15) is 56.1 Å². The number of rotatable bonds is 10. The molecule has 3 aromatic rings. The molecule has 1 saturated heterocycles. The van der Waals surface area contributed by atoms with Gasteiger partial charge in [0.2, 0.25) is 11.5 Å². The van der Waals surface area contributed by atoms with E-state index in [1.165, 1.54) is 11.1 Å². The van der Waals surface area contributed by atoms with Gasteiger partial charge in [0.1, 0.15) is 5.75 Å². The first kappa shape index (κ1) is 26.2. The van der Waals surface area contributed by atoms with Gasteiger partial charge in [-0.15, -0.1) is 0 Å². The van der Waals surface area contributed by atoms with E-state index >= 15 is 0 Å². The first-order chi connectivity index (χ1) is 18.6. The van der Waals surface area contributed by atoms with Gasteiger partial charge in [-0.25, -0.2) is 0 Å². The maximum absolute atomic E-state index is 13.8. The van der Waals surface area contributed by atoms with Crippen LogP contribution in [-0.2, 0) is 17.8 Å². The summed E-state index contributed by atoms with van der Waals surface area (Å²) in [6.07, 6.45) is 11.2. The second-order valence-corrected chi connectivity index (χ2v) is 10.5. The van der Waals surface area contributed by atoms with Crippen LogP contribution in [0.25, 0.3) is 0 Å². The Labute approximate surface area is 225 Å². The highest BCUT2D eigenvalue weighted by Gasteiger charge is 2.32. The predicted molar refractivity (Wildman–Crippen MR) is 150 cm³/mol. The van der Waals surface area contributed by atoms with E-state index in [1.54, 1.807) is 29.1 Å². The molecule has 0 spiro atoms. The van der Waals surface area contributed by atoms with Gasteiger partial charge in [0.25, 0.3) is 0 Å². The van der Waals surface area contributed by atoms with Gasteiger partial charge in [-0.1, -0.05) is 31.5 Å². The number of benzene rings is 1. The molecule has 2 atom stereocenters. The van der Waals surface area contributed by atoms with Crippen molar-refractivity contribution in [3.05, 3.63) is 88.6 Å². The highest BCUT2D eigenvalue weighted by Crippen LogP contribution is 2.35. The molecule has 0 radical (unpaired) electrons. The highest BCUT2D eigenvalue weighted by atomic mass is 16.5. The van der Waals surface area contributed by atoms with E-state index in [1.807, 2.05) is 29.3 Å². The number of piperidine rings is 1. The lowest BCUT2D eigenvalue weighted by Crippen LogP contribution is -2.49. The van der Waals surface area contributed by atoms with Gasteiger partial charge in [-0.3, -0.25) is 19.5 Å². The lowest BCUT2D eigenvalue weighted by Gasteiger charge is -2.40. The van der Waals surface area contributed by atoms with E-state index in [0.717, 1.165) is 63.1 Å². The Balaban J connectivity index is 1.35. The van der Waals surface area contributed by atoms with Crippen LogP contribution in [0.4, 0.5) is 5.69 Å². The quantitative estimate of drug-likeness (QED) is 0.394. The molecule has 7 heteroatoms. The lowest BCUT2D eigenvalue weighted by molar-refractivity contribution is -0.120. The molecule has 2 aromatic heterocycles. The fourth-order valence-corrected chi connectivity index (χ4v) is 5.77. The summed E-state index contributed by atoms with van der Waals surface area (Å²) in [5.41, 5.74) is 3.49. The Hall–Kier alpha value is -3.45. The minimum atomic E-state index is 0.0199. The molecular weight excluding hydrogens is 476 g/mol. The molecule has 0 bridgehead atoms. The first-order valence-corrected chi connectivity index (χ1v) is 14.0. The fraction of sp³-hybridized carbons (Fsp3) is 0.452. The third kappa shape index (κ3) is 6.16. The molecule has 200 valence electrons. The van der Waals surface area contributed by atoms with Gasteiger partial charge in [0.05, 0.1) is 25.0 Å². The van der Waals surface area contributed by atoms with Crippen LogP contribution < -0.4 is 15.2 Å². The number of hydrogen-bond acceptors (Lipinski definition) is 5. The molecule has 1 fully saturated rings. The molecule has 0 unspecified atom stereocenters. The number of pyridine rings is 2. The molecule has 1 aromatic carbocycles. The van der Waals surface area contributed by atoms with E-state index in [0.29, 0.717) is 25.6 Å². The van der Waals surface area contributed by atoms with Crippen LogP contribution >= 0.6 is 0 Å². The number of ether oxygens (including phenoxy) is 1. The molecule has 7 nitrogen and oxygen atoms in total. The number of aryl methyl sites for hydroxylation is 1. The van der Waals surface area contributed by atoms with Crippen molar-refractivity contribution >= 4 is 11.6 Å².